The van der Waals surface area contributed by atoms with Gasteiger partial charge in [0.15, 0.2) is 0 Å². The quantitative estimate of drug-likeness (QED) is 0.758. The Morgan fingerprint density at radius 1 is 1.11 bits per heavy atom. The van der Waals surface area contributed by atoms with E-state index >= 15 is 0 Å². The first kappa shape index (κ1) is 20.2. The first-order valence-electron chi connectivity index (χ1n) is 9.80. The van der Waals surface area contributed by atoms with Crippen LogP contribution in [0.25, 0.3) is 0 Å². The maximum atomic E-state index is 13.1. The fourth-order valence-electron chi connectivity index (χ4n) is 4.11. The zero-order valence-corrected chi connectivity index (χ0v) is 17.2. The van der Waals surface area contributed by atoms with Crippen molar-refractivity contribution >= 4 is 12.0 Å². The van der Waals surface area contributed by atoms with Gasteiger partial charge in [-0.3, -0.25) is 4.79 Å². The highest BCUT2D eigenvalue weighted by Crippen LogP contribution is 2.44. The molecule has 1 aromatic carbocycles. The van der Waals surface area contributed by atoms with Crippen molar-refractivity contribution in [2.75, 3.05) is 7.11 Å². The third-order valence-corrected chi connectivity index (χ3v) is 5.42. The summed E-state index contributed by atoms with van der Waals surface area (Å²) in [5, 5.41) is 6.04. The minimum Gasteiger partial charge on any atom is -0.497 e. The topological polar surface area (TPSA) is 76.7 Å². The largest absolute Gasteiger partial charge is 0.497 e. The molecule has 2 aliphatic carbocycles. The number of allylic oxidation sites excluding steroid dienone is 1. The van der Waals surface area contributed by atoms with E-state index in [1.165, 1.54) is 0 Å². The van der Waals surface area contributed by atoms with Crippen molar-refractivity contribution in [2.45, 2.75) is 51.8 Å². The second-order valence-corrected chi connectivity index (χ2v) is 8.65. The van der Waals surface area contributed by atoms with Crippen LogP contribution >= 0.6 is 0 Å². The number of benzene rings is 1. The van der Waals surface area contributed by atoms with Gasteiger partial charge in [-0.1, -0.05) is 24.3 Å². The summed E-state index contributed by atoms with van der Waals surface area (Å²) in [5.41, 5.74) is 0.433. The van der Waals surface area contributed by atoms with E-state index in [1.807, 2.05) is 52.0 Å². The van der Waals surface area contributed by atoms with E-state index in [0.29, 0.717) is 0 Å². The number of carbonyl (C=O) groups excluding carboxylic acids is 2. The van der Waals surface area contributed by atoms with Crippen molar-refractivity contribution in [1.82, 2.24) is 10.6 Å². The smallest absolute Gasteiger partial charge is 0.407 e. The summed E-state index contributed by atoms with van der Waals surface area (Å²) in [6.45, 7) is 7.44. The second-order valence-electron chi connectivity index (χ2n) is 8.65. The predicted molar refractivity (Wildman–Crippen MR) is 107 cm³/mol. The van der Waals surface area contributed by atoms with Gasteiger partial charge in [-0.15, -0.1) is 0 Å². The number of hydrogen-bond acceptors (Lipinski definition) is 4. The first-order chi connectivity index (χ1) is 13.2. The fraction of sp³-hybridized carbons (Fsp3) is 0.545. The van der Waals surface area contributed by atoms with Gasteiger partial charge in [-0.05, 0) is 63.6 Å². The highest BCUT2D eigenvalue weighted by atomic mass is 16.6. The van der Waals surface area contributed by atoms with Gasteiger partial charge in [0.25, 0.3) is 0 Å². The Morgan fingerprint density at radius 2 is 1.75 bits per heavy atom. The number of methoxy groups -OCH3 is 1. The SMILES string of the molecule is COc1ccc([C@@H](C)NC(=O)[C@@H]2[C@H](NC(=O)OC(C)(C)C)[C@@H]3C=C[C@H]2C3)cc1. The molecule has 2 amide bonds. The Balaban J connectivity index is 1.66. The summed E-state index contributed by atoms with van der Waals surface area (Å²) in [5.74, 6) is 0.768. The second kappa shape index (κ2) is 7.86. The molecule has 1 aromatic rings. The Hall–Kier alpha value is -2.50. The van der Waals surface area contributed by atoms with Gasteiger partial charge < -0.3 is 20.1 Å². The van der Waals surface area contributed by atoms with Crippen molar-refractivity contribution in [1.29, 1.82) is 0 Å². The molecule has 28 heavy (non-hydrogen) atoms. The Kier molecular flexibility index (Phi) is 5.68. The van der Waals surface area contributed by atoms with Gasteiger partial charge >= 0.3 is 6.09 Å². The third-order valence-electron chi connectivity index (χ3n) is 5.42. The predicted octanol–water partition coefficient (Wildman–Crippen LogP) is 3.59. The Labute approximate surface area is 166 Å². The minimum absolute atomic E-state index is 0.0405. The minimum atomic E-state index is -0.571. The summed E-state index contributed by atoms with van der Waals surface area (Å²) < 4.78 is 10.6. The van der Waals surface area contributed by atoms with Gasteiger partial charge in [0.2, 0.25) is 5.91 Å². The summed E-state index contributed by atoms with van der Waals surface area (Å²) in [4.78, 5) is 25.3. The summed E-state index contributed by atoms with van der Waals surface area (Å²) in [6.07, 6.45) is 4.61. The average Bonchev–Trinajstić information content (AvgIpc) is 3.21. The maximum Gasteiger partial charge on any atom is 0.407 e. The maximum absolute atomic E-state index is 13.1. The molecule has 0 radical (unpaired) electrons. The van der Waals surface area contributed by atoms with E-state index in [-0.39, 0.29) is 35.7 Å². The van der Waals surface area contributed by atoms with Crippen LogP contribution in [0.2, 0.25) is 0 Å². The van der Waals surface area contributed by atoms with Crippen LogP contribution in [0, 0.1) is 17.8 Å². The molecule has 1 fully saturated rings. The number of alkyl carbamates (subject to hydrolysis) is 1. The molecule has 2 aliphatic rings. The Morgan fingerprint density at radius 3 is 2.36 bits per heavy atom. The molecule has 0 saturated heterocycles. The zero-order valence-electron chi connectivity index (χ0n) is 17.2. The van der Waals surface area contributed by atoms with Crippen molar-refractivity contribution in [2.24, 2.45) is 17.8 Å². The third kappa shape index (κ3) is 4.49. The van der Waals surface area contributed by atoms with Crippen LogP contribution in [0.1, 0.15) is 45.7 Å². The van der Waals surface area contributed by atoms with E-state index in [2.05, 4.69) is 22.8 Å². The van der Waals surface area contributed by atoms with E-state index in [0.717, 1.165) is 17.7 Å². The van der Waals surface area contributed by atoms with Gasteiger partial charge in [-0.2, -0.15) is 0 Å². The van der Waals surface area contributed by atoms with Gasteiger partial charge in [0.05, 0.1) is 25.1 Å². The normalized spacial score (nSPS) is 26.6. The number of ether oxygens (including phenoxy) is 2. The number of rotatable bonds is 5. The molecule has 2 bridgehead atoms. The number of amides is 2. The van der Waals surface area contributed by atoms with Crippen LogP contribution in [-0.2, 0) is 9.53 Å². The van der Waals surface area contributed by atoms with Crippen molar-refractivity contribution in [3.05, 3.63) is 42.0 Å². The molecule has 5 atom stereocenters. The van der Waals surface area contributed by atoms with Crippen LogP contribution in [0.15, 0.2) is 36.4 Å². The number of nitrogens with one attached hydrogen (secondary N) is 2. The molecular weight excluding hydrogens is 356 g/mol. The highest BCUT2D eigenvalue weighted by molar-refractivity contribution is 5.82. The van der Waals surface area contributed by atoms with E-state index in [1.54, 1.807) is 7.11 Å². The zero-order chi connectivity index (χ0) is 20.5. The molecule has 0 heterocycles. The number of carbonyl (C=O) groups is 2. The van der Waals surface area contributed by atoms with Crippen LogP contribution in [0.4, 0.5) is 4.79 Å². The molecule has 6 nitrogen and oxygen atoms in total. The van der Waals surface area contributed by atoms with Gasteiger partial charge in [0, 0.05) is 0 Å². The summed E-state index contributed by atoms with van der Waals surface area (Å²) in [7, 11) is 1.63. The average molecular weight is 386 g/mol. The molecule has 0 aliphatic heterocycles. The van der Waals surface area contributed by atoms with E-state index < -0.39 is 11.7 Å². The number of hydrogen-bond donors (Lipinski definition) is 2. The standard InChI is InChI=1S/C22H30N2O4/c1-13(14-8-10-17(27-5)11-9-14)23-20(25)18-15-6-7-16(12-15)19(18)24-21(26)28-22(2,3)4/h6-11,13,15-16,18-19H,12H2,1-5H3,(H,23,25)(H,24,26)/t13-,15+,16-,18+,19-/m1/s1. The molecule has 152 valence electrons. The van der Waals surface area contributed by atoms with Crippen LogP contribution in [-0.4, -0.2) is 30.8 Å². The fourth-order valence-corrected chi connectivity index (χ4v) is 4.11. The monoisotopic (exact) mass is 386 g/mol. The van der Waals surface area contributed by atoms with Crippen molar-refractivity contribution < 1.29 is 19.1 Å². The number of fused-ring (bicyclic) bond motifs is 2. The van der Waals surface area contributed by atoms with E-state index in [9.17, 15) is 9.59 Å². The van der Waals surface area contributed by atoms with Crippen molar-refractivity contribution in [3.63, 3.8) is 0 Å². The Bertz CT molecular complexity index is 751. The lowest BCUT2D eigenvalue weighted by Crippen LogP contribution is -2.50. The molecule has 6 heteroatoms. The lowest BCUT2D eigenvalue weighted by atomic mass is 9.87. The highest BCUT2D eigenvalue weighted by Gasteiger charge is 2.49. The lowest BCUT2D eigenvalue weighted by molar-refractivity contribution is -0.127. The van der Waals surface area contributed by atoms with Crippen LogP contribution < -0.4 is 15.4 Å². The summed E-state index contributed by atoms with van der Waals surface area (Å²) in [6, 6.07) is 7.27. The lowest BCUT2D eigenvalue weighted by Gasteiger charge is -2.30. The molecule has 0 aromatic heterocycles. The molecular formula is C22H30N2O4. The first-order valence-corrected chi connectivity index (χ1v) is 9.80. The molecule has 1 saturated carbocycles. The molecule has 2 N–H and O–H groups in total. The van der Waals surface area contributed by atoms with E-state index in [4.69, 9.17) is 9.47 Å². The molecule has 0 unspecified atom stereocenters. The van der Waals surface area contributed by atoms with Crippen molar-refractivity contribution in [3.8, 4) is 5.75 Å². The van der Waals surface area contributed by atoms with Crippen LogP contribution in [0.5, 0.6) is 5.75 Å². The molecule has 3 rings (SSSR count). The molecule has 0 spiro atoms. The van der Waals surface area contributed by atoms with Gasteiger partial charge in [0.1, 0.15) is 11.4 Å². The summed E-state index contributed by atoms with van der Waals surface area (Å²) >= 11 is 0. The van der Waals surface area contributed by atoms with Gasteiger partial charge in [-0.25, -0.2) is 4.79 Å². The van der Waals surface area contributed by atoms with Crippen LogP contribution in [0.3, 0.4) is 0 Å².